The predicted octanol–water partition coefficient (Wildman–Crippen LogP) is 9.65. The number of aliphatic hydroxyl groups is 1. The van der Waals surface area contributed by atoms with Gasteiger partial charge in [0.2, 0.25) is 0 Å². The molecule has 5 rings (SSSR count). The van der Waals surface area contributed by atoms with Crippen LogP contribution in [-0.2, 0) is 22.4 Å². The van der Waals surface area contributed by atoms with E-state index >= 15 is 0 Å². The van der Waals surface area contributed by atoms with Crippen molar-refractivity contribution in [2.45, 2.75) is 96.8 Å². The van der Waals surface area contributed by atoms with Crippen molar-refractivity contribution in [3.8, 4) is 0 Å². The van der Waals surface area contributed by atoms with Gasteiger partial charge in [-0.1, -0.05) is 99.5 Å². The van der Waals surface area contributed by atoms with Crippen LogP contribution in [-0.4, -0.2) is 24.3 Å². The third kappa shape index (κ3) is 8.62. The number of aryl methyl sites for hydroxylation is 2. The van der Waals surface area contributed by atoms with Crippen molar-refractivity contribution in [3.63, 3.8) is 0 Å². The Morgan fingerprint density at radius 1 is 0.932 bits per heavy atom. The smallest absolute Gasteiger partial charge is 0.333 e. The molecule has 0 amide bonds. The molecule has 0 aromatic heterocycles. The zero-order valence-electron chi connectivity index (χ0n) is 27.2. The van der Waals surface area contributed by atoms with E-state index in [4.69, 9.17) is 4.74 Å². The van der Waals surface area contributed by atoms with Crippen LogP contribution in [0.1, 0.15) is 106 Å². The number of aliphatic hydroxyl groups excluding tert-OH is 1. The van der Waals surface area contributed by atoms with Crippen molar-refractivity contribution in [1.29, 1.82) is 0 Å². The molecular weight excluding hydrogens is 540 g/mol. The summed E-state index contributed by atoms with van der Waals surface area (Å²) in [7, 11) is 0. The summed E-state index contributed by atoms with van der Waals surface area (Å²) in [6.45, 7) is 8.15. The monoisotopic (exact) mass is 594 g/mol. The number of hydrogen-bond donors (Lipinski definition) is 1. The van der Waals surface area contributed by atoms with Gasteiger partial charge in [0.05, 0.1) is 6.61 Å². The van der Waals surface area contributed by atoms with Crippen LogP contribution in [0.25, 0.3) is 5.57 Å². The Balaban J connectivity index is 1.06. The minimum atomic E-state index is -0.318. The first-order chi connectivity index (χ1) is 21.4. The normalized spacial score (nSPS) is 25.5. The molecule has 0 bridgehead atoms. The number of ether oxygens (including phenoxy) is 1. The third-order valence-corrected chi connectivity index (χ3v) is 10.8. The Hall–Kier alpha value is -2.91. The highest BCUT2D eigenvalue weighted by atomic mass is 16.5. The van der Waals surface area contributed by atoms with Gasteiger partial charge in [-0.2, -0.15) is 0 Å². The van der Waals surface area contributed by atoms with Gasteiger partial charge in [-0.15, -0.1) is 0 Å². The van der Waals surface area contributed by atoms with Crippen molar-refractivity contribution in [2.24, 2.45) is 29.6 Å². The standard InChI is InChI=1S/C41H54O3/c1-4-5-30-8-14-33(15-9-30)36-20-22-39-27-37(21-23-38(39)26-36)34-16-10-31(11-17-34)6-7-32-12-18-35(19-13-32)40(24-25-42)28-44-41(43)29(2)3/h8-11,14-17,20,22,26,32,35,37-40,42H,2,4-7,12-13,18-19,21,23-25,27-28H2,1,3H3. The van der Waals surface area contributed by atoms with Gasteiger partial charge in [0, 0.05) is 12.2 Å². The number of esters is 1. The molecule has 3 aliphatic carbocycles. The number of carbonyl (C=O) groups excluding carboxylic acids is 1. The fourth-order valence-corrected chi connectivity index (χ4v) is 8.02. The molecule has 2 aromatic rings. The molecule has 44 heavy (non-hydrogen) atoms. The Labute approximate surface area is 266 Å². The SMILES string of the molecule is C=C(C)C(=O)OCC(CCO)C1CCC(CCc2ccc(C3CCC4C=C(c5ccc(CCC)cc5)C=CC4C3)cc2)CC1. The maximum atomic E-state index is 11.9. The summed E-state index contributed by atoms with van der Waals surface area (Å²) >= 11 is 0. The number of hydrogen-bond acceptors (Lipinski definition) is 3. The van der Waals surface area contributed by atoms with Crippen LogP contribution in [0.4, 0.5) is 0 Å². The zero-order valence-corrected chi connectivity index (χ0v) is 27.2. The Bertz CT molecular complexity index is 1280. The maximum Gasteiger partial charge on any atom is 0.333 e. The van der Waals surface area contributed by atoms with E-state index < -0.39 is 0 Å². The Kier molecular flexibility index (Phi) is 11.7. The molecular formula is C41H54O3. The molecule has 0 aliphatic heterocycles. The van der Waals surface area contributed by atoms with E-state index in [-0.39, 0.29) is 18.5 Å². The molecule has 3 nitrogen and oxygen atoms in total. The third-order valence-electron chi connectivity index (χ3n) is 10.8. The lowest BCUT2D eigenvalue weighted by Crippen LogP contribution is -2.27. The number of fused-ring (bicyclic) bond motifs is 1. The highest BCUT2D eigenvalue weighted by molar-refractivity contribution is 5.86. The Morgan fingerprint density at radius 2 is 1.64 bits per heavy atom. The summed E-state index contributed by atoms with van der Waals surface area (Å²) in [6, 6.07) is 18.8. The molecule has 3 aliphatic rings. The summed E-state index contributed by atoms with van der Waals surface area (Å²) in [5.41, 5.74) is 7.62. The lowest BCUT2D eigenvalue weighted by molar-refractivity contribution is -0.141. The van der Waals surface area contributed by atoms with Gasteiger partial charge in [-0.05, 0) is 128 Å². The average molecular weight is 595 g/mol. The summed E-state index contributed by atoms with van der Waals surface area (Å²) in [4.78, 5) is 11.9. The van der Waals surface area contributed by atoms with Crippen molar-refractivity contribution < 1.29 is 14.6 Å². The van der Waals surface area contributed by atoms with Crippen LogP contribution in [0.5, 0.6) is 0 Å². The molecule has 0 spiro atoms. The number of allylic oxidation sites excluding steroid dienone is 4. The first kappa shape index (κ1) is 32.5. The van der Waals surface area contributed by atoms with Gasteiger partial charge < -0.3 is 9.84 Å². The van der Waals surface area contributed by atoms with Gasteiger partial charge in [0.15, 0.2) is 0 Å². The number of benzene rings is 2. The molecule has 2 fully saturated rings. The fourth-order valence-electron chi connectivity index (χ4n) is 8.02. The molecule has 1 N–H and O–H groups in total. The van der Waals surface area contributed by atoms with E-state index in [0.29, 0.717) is 42.3 Å². The fraction of sp³-hybridized carbons (Fsp3) is 0.537. The van der Waals surface area contributed by atoms with Crippen LogP contribution in [0.2, 0.25) is 0 Å². The van der Waals surface area contributed by atoms with Gasteiger partial charge >= 0.3 is 5.97 Å². The van der Waals surface area contributed by atoms with Gasteiger partial charge in [-0.3, -0.25) is 0 Å². The molecule has 3 heteroatoms. The van der Waals surface area contributed by atoms with E-state index in [0.717, 1.165) is 18.8 Å². The van der Waals surface area contributed by atoms with E-state index in [1.54, 1.807) is 6.92 Å². The Morgan fingerprint density at radius 3 is 2.32 bits per heavy atom. The van der Waals surface area contributed by atoms with E-state index in [2.05, 4.69) is 80.3 Å². The lowest BCUT2D eigenvalue weighted by atomic mass is 9.69. The molecule has 2 aromatic carbocycles. The van der Waals surface area contributed by atoms with Gasteiger partial charge in [-0.25, -0.2) is 4.79 Å². The highest BCUT2D eigenvalue weighted by Gasteiger charge is 2.31. The minimum absolute atomic E-state index is 0.149. The van der Waals surface area contributed by atoms with Crippen molar-refractivity contribution in [1.82, 2.24) is 0 Å². The van der Waals surface area contributed by atoms with Crippen LogP contribution in [0.3, 0.4) is 0 Å². The molecule has 4 atom stereocenters. The van der Waals surface area contributed by atoms with Gasteiger partial charge in [0.25, 0.3) is 0 Å². The van der Waals surface area contributed by atoms with Crippen LogP contribution in [0.15, 0.2) is 78.9 Å². The highest BCUT2D eigenvalue weighted by Crippen LogP contribution is 2.44. The predicted molar refractivity (Wildman–Crippen MR) is 182 cm³/mol. The summed E-state index contributed by atoms with van der Waals surface area (Å²) in [5.74, 6) is 3.21. The second-order valence-electron chi connectivity index (χ2n) is 14.0. The second kappa shape index (κ2) is 15.9. The molecule has 236 valence electrons. The van der Waals surface area contributed by atoms with Crippen LogP contribution in [0, 0.1) is 29.6 Å². The van der Waals surface area contributed by atoms with Crippen molar-refractivity contribution >= 4 is 11.5 Å². The maximum absolute atomic E-state index is 11.9. The topological polar surface area (TPSA) is 46.5 Å². The summed E-state index contributed by atoms with van der Waals surface area (Å²) in [6.07, 6.45) is 21.5. The van der Waals surface area contributed by atoms with Gasteiger partial charge in [0.1, 0.15) is 0 Å². The van der Waals surface area contributed by atoms with Crippen molar-refractivity contribution in [2.75, 3.05) is 13.2 Å². The zero-order chi connectivity index (χ0) is 30.9. The van der Waals surface area contributed by atoms with Crippen LogP contribution >= 0.6 is 0 Å². The summed E-state index contributed by atoms with van der Waals surface area (Å²) in [5, 5.41) is 9.56. The number of rotatable bonds is 13. The molecule has 2 saturated carbocycles. The molecule has 0 heterocycles. The molecule has 0 radical (unpaired) electrons. The average Bonchev–Trinajstić information content (AvgIpc) is 3.06. The lowest BCUT2D eigenvalue weighted by Gasteiger charge is -2.36. The largest absolute Gasteiger partial charge is 0.462 e. The number of carbonyl (C=O) groups is 1. The van der Waals surface area contributed by atoms with E-state index in [1.165, 1.54) is 85.6 Å². The molecule has 4 unspecified atom stereocenters. The van der Waals surface area contributed by atoms with E-state index in [1.807, 2.05) is 0 Å². The quantitative estimate of drug-likeness (QED) is 0.185. The van der Waals surface area contributed by atoms with Crippen LogP contribution < -0.4 is 0 Å². The first-order valence-corrected chi connectivity index (χ1v) is 17.4. The van der Waals surface area contributed by atoms with Crippen molar-refractivity contribution in [3.05, 3.63) is 101 Å². The minimum Gasteiger partial charge on any atom is -0.462 e. The summed E-state index contributed by atoms with van der Waals surface area (Å²) < 4.78 is 5.46. The molecule has 0 saturated heterocycles. The van der Waals surface area contributed by atoms with E-state index in [9.17, 15) is 9.90 Å². The second-order valence-corrected chi connectivity index (χ2v) is 14.0. The first-order valence-electron chi connectivity index (χ1n) is 17.4.